The molecular weight excluding hydrogens is 390 g/mol. The van der Waals surface area contributed by atoms with Crippen LogP contribution < -0.4 is 4.90 Å². The fraction of sp³-hybridized carbons (Fsp3) is 0.500. The Morgan fingerprint density at radius 1 is 1.29 bits per heavy atom. The van der Waals surface area contributed by atoms with Crippen molar-refractivity contribution in [3.8, 4) is 0 Å². The molecule has 0 aromatic carbocycles. The normalized spacial score (nSPS) is 16.4. The van der Waals surface area contributed by atoms with Crippen molar-refractivity contribution in [3.05, 3.63) is 27.9 Å². The molecule has 0 atom stereocenters. The molecule has 0 N–H and O–H groups in total. The number of halogens is 1. The molecule has 3 aromatic rings. The minimum atomic E-state index is 0.300. The predicted octanol–water partition coefficient (Wildman–Crippen LogP) is 4.34. The molecule has 0 spiro atoms. The minimum absolute atomic E-state index is 0.300. The lowest BCUT2D eigenvalue weighted by Gasteiger charge is -2.31. The predicted molar refractivity (Wildman–Crippen MR) is 97.7 cm³/mol. The maximum atomic E-state index is 5.47. The van der Waals surface area contributed by atoms with E-state index in [9.17, 15) is 0 Å². The Labute approximate surface area is 152 Å². The summed E-state index contributed by atoms with van der Waals surface area (Å²) in [5.74, 6) is 3.25. The number of fused-ring (bicyclic) bond motifs is 1. The number of nitrogens with zero attached hydrogens (tertiary/aromatic N) is 5. The second-order valence-corrected chi connectivity index (χ2v) is 8.10. The van der Waals surface area contributed by atoms with Crippen LogP contribution in [0.25, 0.3) is 10.2 Å². The zero-order valence-corrected chi connectivity index (χ0v) is 16.0. The fourth-order valence-electron chi connectivity index (χ4n) is 3.02. The molecule has 6 nitrogen and oxygen atoms in total. The molecule has 24 heavy (non-hydrogen) atoms. The van der Waals surface area contributed by atoms with Crippen LogP contribution in [0.2, 0.25) is 0 Å². The van der Waals surface area contributed by atoms with Gasteiger partial charge in [0.1, 0.15) is 17.7 Å². The Morgan fingerprint density at radius 3 is 2.79 bits per heavy atom. The zero-order chi connectivity index (χ0) is 16.7. The van der Waals surface area contributed by atoms with Crippen LogP contribution in [-0.4, -0.2) is 33.2 Å². The first-order valence-corrected chi connectivity index (χ1v) is 9.77. The molecule has 4 rings (SSSR count). The van der Waals surface area contributed by atoms with Crippen molar-refractivity contribution >= 4 is 43.3 Å². The van der Waals surface area contributed by atoms with E-state index in [2.05, 4.69) is 60.2 Å². The van der Waals surface area contributed by atoms with Crippen molar-refractivity contribution in [2.75, 3.05) is 18.0 Å². The topological polar surface area (TPSA) is 67.9 Å². The van der Waals surface area contributed by atoms with Crippen LogP contribution in [0.5, 0.6) is 0 Å². The lowest BCUT2D eigenvalue weighted by atomic mass is 9.96. The highest BCUT2D eigenvalue weighted by Crippen LogP contribution is 2.36. The molecule has 1 fully saturated rings. The number of aromatic nitrogens is 4. The molecule has 4 heterocycles. The second kappa shape index (κ2) is 6.40. The van der Waals surface area contributed by atoms with Gasteiger partial charge in [-0.15, -0.1) is 11.3 Å². The number of anilines is 1. The molecule has 3 aromatic heterocycles. The van der Waals surface area contributed by atoms with E-state index < -0.39 is 0 Å². The molecule has 0 saturated carbocycles. The van der Waals surface area contributed by atoms with E-state index in [1.165, 1.54) is 0 Å². The van der Waals surface area contributed by atoms with Crippen LogP contribution in [0, 0.1) is 0 Å². The fourth-order valence-corrected chi connectivity index (χ4v) is 4.63. The quantitative estimate of drug-likeness (QED) is 0.642. The van der Waals surface area contributed by atoms with Gasteiger partial charge in [-0.3, -0.25) is 0 Å². The summed E-state index contributed by atoms with van der Waals surface area (Å²) in [7, 11) is 0. The zero-order valence-electron chi connectivity index (χ0n) is 13.6. The van der Waals surface area contributed by atoms with Gasteiger partial charge >= 0.3 is 0 Å². The summed E-state index contributed by atoms with van der Waals surface area (Å²) in [6.45, 7) is 6.03. The highest BCUT2D eigenvalue weighted by atomic mass is 79.9. The van der Waals surface area contributed by atoms with E-state index in [0.717, 1.165) is 58.2 Å². The first-order valence-electron chi connectivity index (χ1n) is 8.09. The maximum absolute atomic E-state index is 5.47. The Bertz CT molecular complexity index is 853. The van der Waals surface area contributed by atoms with Crippen LogP contribution in [0.1, 0.15) is 50.2 Å². The highest BCUT2D eigenvalue weighted by Gasteiger charge is 2.27. The summed E-state index contributed by atoms with van der Waals surface area (Å²) < 4.78 is 7.65. The van der Waals surface area contributed by atoms with E-state index >= 15 is 0 Å². The van der Waals surface area contributed by atoms with Gasteiger partial charge in [0.25, 0.3) is 0 Å². The largest absolute Gasteiger partial charge is 0.355 e. The smallest absolute Gasteiger partial charge is 0.229 e. The van der Waals surface area contributed by atoms with Gasteiger partial charge in [0, 0.05) is 30.3 Å². The SMILES string of the molecule is CC(C)c1noc(C2CCN(c3ncnc4c(Br)csc34)CC2)n1. The van der Waals surface area contributed by atoms with Gasteiger partial charge in [-0.05, 0) is 28.8 Å². The summed E-state index contributed by atoms with van der Waals surface area (Å²) in [4.78, 5) is 15.8. The number of hydrogen-bond donors (Lipinski definition) is 0. The van der Waals surface area contributed by atoms with Gasteiger partial charge in [0.2, 0.25) is 5.89 Å². The molecule has 0 aliphatic carbocycles. The summed E-state index contributed by atoms with van der Waals surface area (Å²) in [6, 6.07) is 0. The van der Waals surface area contributed by atoms with E-state index in [-0.39, 0.29) is 0 Å². The Morgan fingerprint density at radius 2 is 2.08 bits per heavy atom. The Balaban J connectivity index is 1.51. The summed E-state index contributed by atoms with van der Waals surface area (Å²) in [6.07, 6.45) is 3.64. The molecule has 1 saturated heterocycles. The summed E-state index contributed by atoms with van der Waals surface area (Å²) in [5, 5.41) is 6.16. The van der Waals surface area contributed by atoms with Crippen molar-refractivity contribution in [1.29, 1.82) is 0 Å². The first kappa shape index (κ1) is 16.0. The maximum Gasteiger partial charge on any atom is 0.229 e. The minimum Gasteiger partial charge on any atom is -0.355 e. The van der Waals surface area contributed by atoms with Crippen LogP contribution in [0.3, 0.4) is 0 Å². The third-order valence-corrected chi connectivity index (χ3v) is 6.28. The molecule has 1 aliphatic rings. The third kappa shape index (κ3) is 2.82. The monoisotopic (exact) mass is 407 g/mol. The standard InChI is InChI=1S/C16H18BrN5OS/c1-9(2)14-20-16(23-21-14)10-3-5-22(6-4-10)15-13-12(18-8-19-15)11(17)7-24-13/h7-10H,3-6H2,1-2H3. The molecular formula is C16H18BrN5OS. The van der Waals surface area contributed by atoms with Gasteiger partial charge in [-0.2, -0.15) is 4.98 Å². The molecule has 1 aliphatic heterocycles. The lowest BCUT2D eigenvalue weighted by Crippen LogP contribution is -2.33. The first-order chi connectivity index (χ1) is 11.6. The van der Waals surface area contributed by atoms with Crippen LogP contribution >= 0.6 is 27.3 Å². The summed E-state index contributed by atoms with van der Waals surface area (Å²) >= 11 is 5.24. The molecule has 0 bridgehead atoms. The van der Waals surface area contributed by atoms with E-state index in [0.29, 0.717) is 11.8 Å². The average Bonchev–Trinajstić information content (AvgIpc) is 3.23. The molecule has 126 valence electrons. The van der Waals surface area contributed by atoms with E-state index in [1.54, 1.807) is 17.7 Å². The van der Waals surface area contributed by atoms with Crippen molar-refractivity contribution in [2.24, 2.45) is 0 Å². The Kier molecular flexibility index (Phi) is 4.26. The number of hydrogen-bond acceptors (Lipinski definition) is 7. The number of rotatable bonds is 3. The van der Waals surface area contributed by atoms with Crippen LogP contribution in [0.4, 0.5) is 5.82 Å². The van der Waals surface area contributed by atoms with Gasteiger partial charge in [-0.25, -0.2) is 9.97 Å². The van der Waals surface area contributed by atoms with Gasteiger partial charge in [-0.1, -0.05) is 19.0 Å². The average molecular weight is 408 g/mol. The molecule has 0 amide bonds. The van der Waals surface area contributed by atoms with Gasteiger partial charge in [0.05, 0.1) is 9.17 Å². The number of thiophene rings is 1. The van der Waals surface area contributed by atoms with Gasteiger partial charge < -0.3 is 9.42 Å². The van der Waals surface area contributed by atoms with Crippen molar-refractivity contribution in [3.63, 3.8) is 0 Å². The van der Waals surface area contributed by atoms with E-state index in [1.807, 2.05) is 0 Å². The van der Waals surface area contributed by atoms with Gasteiger partial charge in [0.15, 0.2) is 5.82 Å². The second-order valence-electron chi connectivity index (χ2n) is 6.37. The van der Waals surface area contributed by atoms with Crippen LogP contribution in [-0.2, 0) is 0 Å². The van der Waals surface area contributed by atoms with Crippen LogP contribution in [0.15, 0.2) is 20.7 Å². The van der Waals surface area contributed by atoms with Crippen molar-refractivity contribution < 1.29 is 4.52 Å². The van der Waals surface area contributed by atoms with Crippen molar-refractivity contribution in [2.45, 2.75) is 38.5 Å². The molecule has 0 radical (unpaired) electrons. The molecule has 0 unspecified atom stereocenters. The molecule has 8 heteroatoms. The lowest BCUT2D eigenvalue weighted by molar-refractivity contribution is 0.326. The van der Waals surface area contributed by atoms with Crippen molar-refractivity contribution in [1.82, 2.24) is 20.1 Å². The third-order valence-electron chi connectivity index (χ3n) is 4.41. The highest BCUT2D eigenvalue weighted by molar-refractivity contribution is 9.10. The summed E-state index contributed by atoms with van der Waals surface area (Å²) in [5.41, 5.74) is 0.991. The Hall–Kier alpha value is -1.54. The van der Waals surface area contributed by atoms with E-state index in [4.69, 9.17) is 4.52 Å². The number of piperidine rings is 1.